The third-order valence-corrected chi connectivity index (χ3v) is 14.5. The van der Waals surface area contributed by atoms with Gasteiger partial charge in [-0.25, -0.2) is 9.97 Å². The van der Waals surface area contributed by atoms with Crippen molar-refractivity contribution in [1.29, 1.82) is 5.26 Å². The molecule has 4 amide bonds. The molecule has 9 rings (SSSR count). The van der Waals surface area contributed by atoms with Crippen LogP contribution in [0.2, 0.25) is 5.02 Å². The predicted molar refractivity (Wildman–Crippen MR) is 239 cm³/mol. The van der Waals surface area contributed by atoms with Gasteiger partial charge in [-0.05, 0) is 136 Å². The maximum absolute atomic E-state index is 13.4. The first-order valence-corrected chi connectivity index (χ1v) is 22.7. The Labute approximate surface area is 373 Å². The number of nitrogens with zero attached hydrogens (tertiary/aromatic N) is 7. The molecule has 326 valence electrons. The van der Waals surface area contributed by atoms with Gasteiger partial charge in [0.25, 0.3) is 11.8 Å². The number of carbonyl (C=O) groups excluding carboxylic acids is 4. The van der Waals surface area contributed by atoms with Crippen molar-refractivity contribution in [2.45, 2.75) is 89.3 Å². The summed E-state index contributed by atoms with van der Waals surface area (Å²) in [5.74, 6) is 0.982. The fourth-order valence-corrected chi connectivity index (χ4v) is 10.6. The molecule has 5 aliphatic heterocycles. The first kappa shape index (κ1) is 42.5. The molecule has 13 nitrogen and oxygen atoms in total. The Morgan fingerprint density at radius 3 is 2.16 bits per heavy atom. The van der Waals surface area contributed by atoms with Crippen molar-refractivity contribution in [3.63, 3.8) is 0 Å². The topological polar surface area (TPSA) is 152 Å². The summed E-state index contributed by atoms with van der Waals surface area (Å²) in [6.45, 7) is 10.5. The molecule has 4 saturated heterocycles. The molecule has 3 aromatic carbocycles. The monoisotopic (exact) mass is 868 g/mol. The molecule has 1 N–H and O–H groups in total. The van der Waals surface area contributed by atoms with Gasteiger partial charge in [-0.15, -0.1) is 0 Å². The second-order valence-corrected chi connectivity index (χ2v) is 18.7. The van der Waals surface area contributed by atoms with Gasteiger partial charge in [-0.3, -0.25) is 29.4 Å². The zero-order valence-electron chi connectivity index (χ0n) is 35.9. The lowest BCUT2D eigenvalue weighted by Gasteiger charge is -2.44. The molecule has 1 aromatic heterocycles. The number of piperidine rings is 4. The van der Waals surface area contributed by atoms with E-state index < -0.39 is 23.8 Å². The van der Waals surface area contributed by atoms with Crippen molar-refractivity contribution < 1.29 is 23.9 Å². The second-order valence-electron chi connectivity index (χ2n) is 18.2. The lowest BCUT2D eigenvalue weighted by Crippen LogP contribution is -2.54. The minimum absolute atomic E-state index is 0.103. The smallest absolute Gasteiger partial charge is 0.262 e. The maximum Gasteiger partial charge on any atom is 0.262 e. The number of hydrogen-bond acceptors (Lipinski definition) is 11. The molecule has 14 heteroatoms. The quantitative estimate of drug-likeness (QED) is 0.166. The lowest BCUT2D eigenvalue weighted by atomic mass is 9.78. The van der Waals surface area contributed by atoms with E-state index >= 15 is 0 Å². The molecule has 0 aliphatic carbocycles. The van der Waals surface area contributed by atoms with Crippen molar-refractivity contribution in [2.24, 2.45) is 11.8 Å². The van der Waals surface area contributed by atoms with E-state index in [0.717, 1.165) is 104 Å². The standard InChI is InChI=1S/C49H53ClN8O5/c1-49(2,35-25-31(29-51)26-36(50)27-35)34-3-6-40(7-4-34)63-30-37-11-18-52-48(53-37)57-23-16-38(17-24-57)55-19-12-32(13-20-55)33-14-21-56(22-15-33)39-5-8-41-42(28-39)47(62)58(46(41)61)43-9-10-44(59)54-45(43)60/h3-8,11,18,25-28,32-33,38,43H,9-10,12-17,19-24,30H2,1-2H3,(H,54,59,60). The summed E-state index contributed by atoms with van der Waals surface area (Å²) >= 11 is 6.31. The van der Waals surface area contributed by atoms with E-state index in [-0.39, 0.29) is 24.2 Å². The van der Waals surface area contributed by atoms with Crippen molar-refractivity contribution in [3.05, 3.63) is 111 Å². The Balaban J connectivity index is 0.714. The largest absolute Gasteiger partial charge is 0.487 e. The zero-order chi connectivity index (χ0) is 43.8. The highest BCUT2D eigenvalue weighted by atomic mass is 35.5. The molecule has 0 radical (unpaired) electrons. The number of nitrogens with one attached hydrogen (secondary N) is 1. The molecule has 0 bridgehead atoms. The number of amides is 4. The number of fused-ring (bicyclic) bond motifs is 1. The van der Waals surface area contributed by atoms with Gasteiger partial charge in [-0.2, -0.15) is 5.26 Å². The number of anilines is 2. The van der Waals surface area contributed by atoms with Crippen molar-refractivity contribution in [1.82, 2.24) is 25.1 Å². The van der Waals surface area contributed by atoms with Crippen LogP contribution in [0.5, 0.6) is 5.75 Å². The summed E-state index contributed by atoms with van der Waals surface area (Å²) < 4.78 is 6.16. The van der Waals surface area contributed by atoms with E-state index in [2.05, 4.69) is 57.0 Å². The Hall–Kier alpha value is -5.84. The molecular formula is C49H53ClN8O5. The van der Waals surface area contributed by atoms with E-state index in [4.69, 9.17) is 21.3 Å². The van der Waals surface area contributed by atoms with Crippen LogP contribution in [-0.2, 0) is 21.6 Å². The fraction of sp³-hybridized carbons (Fsp3) is 0.449. The van der Waals surface area contributed by atoms with E-state index in [1.165, 1.54) is 12.8 Å². The summed E-state index contributed by atoms with van der Waals surface area (Å²) in [4.78, 5) is 68.6. The molecule has 4 fully saturated rings. The van der Waals surface area contributed by atoms with Gasteiger partial charge in [0.15, 0.2) is 0 Å². The number of hydrogen-bond donors (Lipinski definition) is 1. The number of carbonyl (C=O) groups is 4. The normalized spacial score (nSPS) is 20.8. The van der Waals surface area contributed by atoms with E-state index in [9.17, 15) is 24.4 Å². The molecule has 1 atom stereocenters. The summed E-state index contributed by atoms with van der Waals surface area (Å²) in [6.07, 6.45) is 8.87. The number of aromatic nitrogens is 2. The second kappa shape index (κ2) is 17.7. The number of halogens is 1. The maximum atomic E-state index is 13.4. The van der Waals surface area contributed by atoms with Crippen LogP contribution in [0, 0.1) is 23.2 Å². The Morgan fingerprint density at radius 2 is 1.46 bits per heavy atom. The van der Waals surface area contributed by atoms with Crippen LogP contribution in [-0.4, -0.2) is 94.7 Å². The van der Waals surface area contributed by atoms with Gasteiger partial charge < -0.3 is 19.4 Å². The SMILES string of the molecule is CC(C)(c1ccc(OCc2ccnc(N3CCC(N4CCC(C5CCN(c6ccc7c(c6)C(=O)N(C6CCC(=O)NC6=O)C7=O)CC5)CC4)CC3)n2)cc1)c1cc(Cl)cc(C#N)c1. The van der Waals surface area contributed by atoms with Crippen LogP contribution in [0.3, 0.4) is 0 Å². The highest BCUT2D eigenvalue weighted by molar-refractivity contribution is 6.30. The van der Waals surface area contributed by atoms with Gasteiger partial charge in [-0.1, -0.05) is 37.6 Å². The zero-order valence-corrected chi connectivity index (χ0v) is 36.6. The summed E-state index contributed by atoms with van der Waals surface area (Å²) in [5, 5.41) is 12.2. The van der Waals surface area contributed by atoms with Gasteiger partial charge in [0.2, 0.25) is 17.8 Å². The Morgan fingerprint density at radius 1 is 0.778 bits per heavy atom. The molecule has 6 heterocycles. The van der Waals surface area contributed by atoms with E-state index in [0.29, 0.717) is 46.2 Å². The molecule has 1 unspecified atom stereocenters. The van der Waals surface area contributed by atoms with Crippen molar-refractivity contribution in [2.75, 3.05) is 49.1 Å². The Bertz CT molecular complexity index is 2450. The first-order chi connectivity index (χ1) is 30.4. The van der Waals surface area contributed by atoms with E-state index in [1.807, 2.05) is 48.7 Å². The van der Waals surface area contributed by atoms with Gasteiger partial charge in [0.1, 0.15) is 18.4 Å². The first-order valence-electron chi connectivity index (χ1n) is 22.3. The average Bonchev–Trinajstić information content (AvgIpc) is 3.56. The molecule has 5 aliphatic rings. The molecule has 4 aromatic rings. The number of benzene rings is 3. The van der Waals surface area contributed by atoms with Crippen LogP contribution < -0.4 is 19.9 Å². The number of ether oxygens (including phenoxy) is 1. The number of nitriles is 1. The van der Waals surface area contributed by atoms with Gasteiger partial charge in [0, 0.05) is 61.0 Å². The van der Waals surface area contributed by atoms with Gasteiger partial charge in [0.05, 0.1) is 28.5 Å². The highest BCUT2D eigenvalue weighted by Crippen LogP contribution is 2.38. The molecule has 0 spiro atoms. The fourth-order valence-electron chi connectivity index (χ4n) is 10.4. The third kappa shape index (κ3) is 8.76. The molecule has 0 saturated carbocycles. The Kier molecular flexibility index (Phi) is 12.0. The van der Waals surface area contributed by atoms with Crippen LogP contribution in [0.4, 0.5) is 11.6 Å². The third-order valence-electron chi connectivity index (χ3n) is 14.2. The van der Waals surface area contributed by atoms with Gasteiger partial charge >= 0.3 is 0 Å². The summed E-state index contributed by atoms with van der Waals surface area (Å²) in [7, 11) is 0. The van der Waals surface area contributed by atoms with Crippen LogP contribution in [0.25, 0.3) is 0 Å². The van der Waals surface area contributed by atoms with E-state index in [1.54, 1.807) is 12.1 Å². The minimum atomic E-state index is -0.959. The highest BCUT2D eigenvalue weighted by Gasteiger charge is 2.45. The number of rotatable bonds is 10. The number of likely N-dealkylation sites (tertiary alicyclic amines) is 1. The summed E-state index contributed by atoms with van der Waals surface area (Å²) in [6, 6.07) is 22.7. The summed E-state index contributed by atoms with van der Waals surface area (Å²) in [5.41, 5.74) is 4.68. The van der Waals surface area contributed by atoms with Crippen LogP contribution in [0.15, 0.2) is 72.9 Å². The van der Waals surface area contributed by atoms with Crippen molar-refractivity contribution in [3.8, 4) is 11.8 Å². The average molecular weight is 869 g/mol. The van der Waals surface area contributed by atoms with Crippen LogP contribution >= 0.6 is 11.6 Å². The minimum Gasteiger partial charge on any atom is -0.487 e. The predicted octanol–water partition coefficient (Wildman–Crippen LogP) is 6.91. The van der Waals surface area contributed by atoms with Crippen LogP contribution in [0.1, 0.15) is 108 Å². The molecule has 63 heavy (non-hydrogen) atoms. The van der Waals surface area contributed by atoms with Crippen molar-refractivity contribution >= 4 is 46.9 Å². The number of imide groups is 2. The molecular weight excluding hydrogens is 816 g/mol. The lowest BCUT2D eigenvalue weighted by molar-refractivity contribution is -0.136.